The molecule has 0 radical (unpaired) electrons. The second-order valence-corrected chi connectivity index (χ2v) is 4.65. The first-order valence-electron chi connectivity index (χ1n) is 6.27. The molecule has 0 aromatic rings. The topological polar surface area (TPSA) is 38.3 Å². The Bertz CT molecular complexity index is 193. The Morgan fingerprint density at radius 3 is 2.75 bits per heavy atom. The van der Waals surface area contributed by atoms with Crippen molar-refractivity contribution in [2.24, 2.45) is 0 Å². The van der Waals surface area contributed by atoms with Crippen molar-refractivity contribution >= 4 is 17.5 Å². The summed E-state index contributed by atoms with van der Waals surface area (Å²) >= 11 is 5.45. The first-order chi connectivity index (χ1) is 7.83. The van der Waals surface area contributed by atoms with Crippen molar-refractivity contribution in [3.8, 4) is 0 Å². The van der Waals surface area contributed by atoms with Crippen molar-refractivity contribution in [2.45, 2.75) is 51.0 Å². The van der Waals surface area contributed by atoms with Crippen LogP contribution in [0, 0.1) is 0 Å². The van der Waals surface area contributed by atoms with Gasteiger partial charge < -0.3 is 10.1 Å². The minimum atomic E-state index is 0.0349. The lowest BCUT2D eigenvalue weighted by Crippen LogP contribution is -2.26. The van der Waals surface area contributed by atoms with E-state index in [-0.39, 0.29) is 5.91 Å². The Labute approximate surface area is 103 Å². The Morgan fingerprint density at radius 2 is 2.06 bits per heavy atom. The van der Waals surface area contributed by atoms with Crippen molar-refractivity contribution in [1.29, 1.82) is 0 Å². The van der Waals surface area contributed by atoms with Gasteiger partial charge in [0.1, 0.15) is 0 Å². The van der Waals surface area contributed by atoms with Crippen LogP contribution in [-0.4, -0.2) is 31.0 Å². The number of carbonyl (C=O) groups excluding carboxylic acids is 1. The standard InChI is InChI=1S/C12H22ClNO2/c13-8-7-12(15)14-9-4-10-16-11-5-2-1-3-6-11/h11H,1-10H2,(H,14,15). The molecule has 1 fully saturated rings. The molecule has 1 N–H and O–H groups in total. The lowest BCUT2D eigenvalue weighted by atomic mass is 9.98. The molecule has 1 rings (SSSR count). The molecule has 1 aliphatic rings. The first kappa shape index (κ1) is 13.8. The van der Waals surface area contributed by atoms with Gasteiger partial charge in [0.15, 0.2) is 0 Å². The molecule has 0 aromatic heterocycles. The maximum atomic E-state index is 11.1. The predicted molar refractivity (Wildman–Crippen MR) is 65.8 cm³/mol. The zero-order valence-electron chi connectivity index (χ0n) is 9.84. The summed E-state index contributed by atoms with van der Waals surface area (Å²) in [5.41, 5.74) is 0. The van der Waals surface area contributed by atoms with Crippen LogP contribution >= 0.6 is 11.6 Å². The average Bonchev–Trinajstić information content (AvgIpc) is 2.30. The van der Waals surface area contributed by atoms with Crippen molar-refractivity contribution in [3.63, 3.8) is 0 Å². The number of halogens is 1. The van der Waals surface area contributed by atoms with E-state index in [1.54, 1.807) is 0 Å². The van der Waals surface area contributed by atoms with Crippen molar-refractivity contribution < 1.29 is 9.53 Å². The lowest BCUT2D eigenvalue weighted by molar-refractivity contribution is -0.120. The van der Waals surface area contributed by atoms with Crippen LogP contribution in [0.1, 0.15) is 44.9 Å². The summed E-state index contributed by atoms with van der Waals surface area (Å²) in [6.45, 7) is 1.45. The highest BCUT2D eigenvalue weighted by Crippen LogP contribution is 2.20. The average molecular weight is 248 g/mol. The zero-order valence-corrected chi connectivity index (χ0v) is 10.6. The molecule has 0 saturated heterocycles. The van der Waals surface area contributed by atoms with Crippen molar-refractivity contribution in [2.75, 3.05) is 19.0 Å². The summed E-state index contributed by atoms with van der Waals surface area (Å²) in [7, 11) is 0. The van der Waals surface area contributed by atoms with Gasteiger partial charge >= 0.3 is 0 Å². The third kappa shape index (κ3) is 6.33. The molecule has 0 atom stereocenters. The lowest BCUT2D eigenvalue weighted by Gasteiger charge is -2.21. The van der Waals surface area contributed by atoms with Crippen LogP contribution in [0.4, 0.5) is 0 Å². The molecule has 1 aliphatic carbocycles. The van der Waals surface area contributed by atoms with Crippen LogP contribution in [0.15, 0.2) is 0 Å². The number of hydrogen-bond acceptors (Lipinski definition) is 2. The van der Waals surface area contributed by atoms with E-state index in [9.17, 15) is 4.79 Å². The summed E-state index contributed by atoms with van der Waals surface area (Å²) in [5.74, 6) is 0.428. The van der Waals surface area contributed by atoms with Crippen molar-refractivity contribution in [3.05, 3.63) is 0 Å². The van der Waals surface area contributed by atoms with Gasteiger partial charge in [0.2, 0.25) is 5.91 Å². The fraction of sp³-hybridized carbons (Fsp3) is 0.917. The van der Waals surface area contributed by atoms with E-state index in [0.29, 0.717) is 24.9 Å². The van der Waals surface area contributed by atoms with Crippen LogP contribution < -0.4 is 5.32 Å². The second-order valence-electron chi connectivity index (χ2n) is 4.27. The number of amides is 1. The van der Waals surface area contributed by atoms with E-state index in [0.717, 1.165) is 13.0 Å². The van der Waals surface area contributed by atoms with E-state index in [1.807, 2.05) is 0 Å². The number of rotatable bonds is 7. The second kappa shape index (κ2) is 8.82. The summed E-state index contributed by atoms with van der Waals surface area (Å²) in [6.07, 6.45) is 8.14. The number of nitrogens with one attached hydrogen (secondary N) is 1. The van der Waals surface area contributed by atoms with E-state index in [2.05, 4.69) is 5.32 Å². The third-order valence-corrected chi connectivity index (χ3v) is 3.06. The Kier molecular flexibility index (Phi) is 7.60. The molecule has 0 aliphatic heterocycles. The maximum Gasteiger partial charge on any atom is 0.221 e. The molecule has 1 amide bonds. The van der Waals surface area contributed by atoms with Gasteiger partial charge in [-0.05, 0) is 19.3 Å². The molecule has 1 saturated carbocycles. The highest BCUT2D eigenvalue weighted by atomic mass is 35.5. The van der Waals surface area contributed by atoms with Gasteiger partial charge in [0.25, 0.3) is 0 Å². The molecular formula is C12H22ClNO2. The molecule has 3 nitrogen and oxygen atoms in total. The van der Waals surface area contributed by atoms with Gasteiger partial charge in [0, 0.05) is 25.5 Å². The van der Waals surface area contributed by atoms with Crippen LogP contribution in [0.3, 0.4) is 0 Å². The Hall–Kier alpha value is -0.280. The zero-order chi connectivity index (χ0) is 11.6. The molecule has 0 heterocycles. The molecule has 0 spiro atoms. The smallest absolute Gasteiger partial charge is 0.221 e. The third-order valence-electron chi connectivity index (χ3n) is 2.87. The Morgan fingerprint density at radius 1 is 1.31 bits per heavy atom. The van der Waals surface area contributed by atoms with Gasteiger partial charge in [-0.15, -0.1) is 11.6 Å². The van der Waals surface area contributed by atoms with Crippen molar-refractivity contribution in [1.82, 2.24) is 5.32 Å². The minimum absolute atomic E-state index is 0.0349. The van der Waals surface area contributed by atoms with Crippen LogP contribution in [0.2, 0.25) is 0 Å². The van der Waals surface area contributed by atoms with Gasteiger partial charge in [0.05, 0.1) is 6.10 Å². The Balaban J connectivity index is 1.89. The molecule has 94 valence electrons. The van der Waals surface area contributed by atoms with E-state index in [4.69, 9.17) is 16.3 Å². The number of alkyl halides is 1. The SMILES string of the molecule is O=C(CCCl)NCCCOC1CCCCC1. The number of carbonyl (C=O) groups is 1. The summed E-state index contributed by atoms with van der Waals surface area (Å²) in [5, 5.41) is 2.82. The maximum absolute atomic E-state index is 11.1. The van der Waals surface area contributed by atoms with Gasteiger partial charge in [-0.2, -0.15) is 0 Å². The highest BCUT2D eigenvalue weighted by Gasteiger charge is 2.12. The van der Waals surface area contributed by atoms with Crippen LogP contribution in [0.25, 0.3) is 0 Å². The molecular weight excluding hydrogens is 226 g/mol. The molecule has 0 bridgehead atoms. The molecule has 16 heavy (non-hydrogen) atoms. The van der Waals surface area contributed by atoms with Gasteiger partial charge in [-0.25, -0.2) is 0 Å². The monoisotopic (exact) mass is 247 g/mol. The van der Waals surface area contributed by atoms with Gasteiger partial charge in [-0.1, -0.05) is 19.3 Å². The summed E-state index contributed by atoms with van der Waals surface area (Å²) in [4.78, 5) is 11.1. The summed E-state index contributed by atoms with van der Waals surface area (Å²) < 4.78 is 5.75. The quantitative estimate of drug-likeness (QED) is 0.555. The predicted octanol–water partition coefficient (Wildman–Crippen LogP) is 2.47. The first-order valence-corrected chi connectivity index (χ1v) is 6.80. The van der Waals surface area contributed by atoms with E-state index in [1.165, 1.54) is 32.1 Å². The number of ether oxygens (including phenoxy) is 1. The molecule has 0 unspecified atom stereocenters. The fourth-order valence-corrected chi connectivity index (χ4v) is 2.13. The largest absolute Gasteiger partial charge is 0.378 e. The minimum Gasteiger partial charge on any atom is -0.378 e. The fourth-order valence-electron chi connectivity index (χ4n) is 1.96. The van der Waals surface area contributed by atoms with E-state index >= 15 is 0 Å². The number of hydrogen-bond donors (Lipinski definition) is 1. The van der Waals surface area contributed by atoms with Crippen LogP contribution in [-0.2, 0) is 9.53 Å². The molecule has 0 aromatic carbocycles. The summed E-state index contributed by atoms with van der Waals surface area (Å²) in [6, 6.07) is 0. The van der Waals surface area contributed by atoms with Crippen LogP contribution in [0.5, 0.6) is 0 Å². The molecule has 4 heteroatoms. The van der Waals surface area contributed by atoms with E-state index < -0.39 is 0 Å². The highest BCUT2D eigenvalue weighted by molar-refractivity contribution is 6.18. The van der Waals surface area contributed by atoms with Gasteiger partial charge in [-0.3, -0.25) is 4.79 Å². The normalized spacial score (nSPS) is 17.3.